The number of likely N-dealkylation sites (tertiary alicyclic amines) is 1. The van der Waals surface area contributed by atoms with Gasteiger partial charge in [0.25, 0.3) is 0 Å². The number of ether oxygens (including phenoxy) is 2. The van der Waals surface area contributed by atoms with Crippen molar-refractivity contribution in [2.45, 2.75) is 19.1 Å². The van der Waals surface area contributed by atoms with Crippen molar-refractivity contribution in [2.24, 2.45) is 0 Å². The van der Waals surface area contributed by atoms with Gasteiger partial charge in [-0.3, -0.25) is 4.90 Å². The van der Waals surface area contributed by atoms with Gasteiger partial charge in [0.1, 0.15) is 35.9 Å². The molecule has 0 spiro atoms. The van der Waals surface area contributed by atoms with Gasteiger partial charge in [0.2, 0.25) is 0 Å². The number of hydrogen-bond acceptors (Lipinski definition) is 7. The Labute approximate surface area is 193 Å². The van der Waals surface area contributed by atoms with Crippen LogP contribution < -0.4 is 14.8 Å². The number of likely N-dealkylation sites (N-methyl/N-ethyl adjacent to an activating group) is 1. The zero-order chi connectivity index (χ0) is 23.8. The van der Waals surface area contributed by atoms with Crippen LogP contribution in [0.15, 0.2) is 36.7 Å². The van der Waals surface area contributed by atoms with Crippen molar-refractivity contribution in [2.75, 3.05) is 43.5 Å². The summed E-state index contributed by atoms with van der Waals surface area (Å²) in [7, 11) is 1.21. The first-order valence-corrected chi connectivity index (χ1v) is 12.6. The quantitative estimate of drug-likeness (QED) is 0.510. The molecule has 3 unspecified atom stereocenters. The SMILES string of the molecule is C=S(C)(=O)Nc1cc(C)c2c(Nc3ccc(F)cc3OC3CN(C)CC3OC)ncnc2c1. The molecular formula is C23H28FN5O3S. The number of aryl methyl sites for hydroxylation is 1. The molecular weight excluding hydrogens is 445 g/mol. The predicted octanol–water partition coefficient (Wildman–Crippen LogP) is 3.20. The van der Waals surface area contributed by atoms with Crippen molar-refractivity contribution in [3.8, 4) is 5.75 Å². The average Bonchev–Trinajstić information content (AvgIpc) is 3.07. The Hall–Kier alpha value is -2.95. The number of nitrogens with zero attached hydrogens (tertiary/aromatic N) is 3. The molecule has 3 aromatic rings. The predicted molar refractivity (Wildman–Crippen MR) is 131 cm³/mol. The van der Waals surface area contributed by atoms with Crippen LogP contribution >= 0.6 is 0 Å². The molecule has 176 valence electrons. The number of fused-ring (bicyclic) bond motifs is 1. The Morgan fingerprint density at radius 1 is 1.21 bits per heavy atom. The van der Waals surface area contributed by atoms with Crippen molar-refractivity contribution in [1.82, 2.24) is 14.9 Å². The Balaban J connectivity index is 1.69. The molecule has 1 fully saturated rings. The average molecular weight is 474 g/mol. The molecule has 0 radical (unpaired) electrons. The lowest BCUT2D eigenvalue weighted by atomic mass is 10.1. The molecule has 0 bridgehead atoms. The summed E-state index contributed by atoms with van der Waals surface area (Å²) in [4.78, 5) is 10.9. The molecule has 4 rings (SSSR count). The Morgan fingerprint density at radius 2 is 1.97 bits per heavy atom. The third-order valence-corrected chi connectivity index (χ3v) is 6.11. The normalized spacial score (nSPS) is 20.5. The zero-order valence-corrected chi connectivity index (χ0v) is 19.9. The van der Waals surface area contributed by atoms with Gasteiger partial charge in [-0.15, -0.1) is 0 Å². The Morgan fingerprint density at radius 3 is 2.70 bits per heavy atom. The second-order valence-corrected chi connectivity index (χ2v) is 10.6. The van der Waals surface area contributed by atoms with Crippen LogP contribution in [0.4, 0.5) is 21.6 Å². The highest BCUT2D eigenvalue weighted by molar-refractivity contribution is 8.00. The van der Waals surface area contributed by atoms with Gasteiger partial charge in [0.05, 0.1) is 11.2 Å². The number of anilines is 3. The largest absolute Gasteiger partial charge is 0.484 e. The van der Waals surface area contributed by atoms with E-state index >= 15 is 0 Å². The zero-order valence-electron chi connectivity index (χ0n) is 19.1. The van der Waals surface area contributed by atoms with E-state index in [1.807, 2.05) is 20.0 Å². The van der Waals surface area contributed by atoms with Gasteiger partial charge in [-0.1, -0.05) is 0 Å². The van der Waals surface area contributed by atoms with Crippen molar-refractivity contribution in [1.29, 1.82) is 0 Å². The lowest BCUT2D eigenvalue weighted by molar-refractivity contribution is 0.0344. The maximum absolute atomic E-state index is 14.1. The highest BCUT2D eigenvalue weighted by atomic mass is 32.2. The Kier molecular flexibility index (Phi) is 6.42. The first-order chi connectivity index (χ1) is 15.6. The topological polar surface area (TPSA) is 88.6 Å². The van der Waals surface area contributed by atoms with Gasteiger partial charge in [0.15, 0.2) is 0 Å². The summed E-state index contributed by atoms with van der Waals surface area (Å²) >= 11 is 0. The monoisotopic (exact) mass is 473 g/mol. The van der Waals surface area contributed by atoms with Crippen molar-refractivity contribution in [3.05, 3.63) is 48.0 Å². The molecule has 3 atom stereocenters. The first-order valence-electron chi connectivity index (χ1n) is 10.4. The lowest BCUT2D eigenvalue weighted by Crippen LogP contribution is -2.31. The van der Waals surface area contributed by atoms with Gasteiger partial charge in [-0.2, -0.15) is 0 Å². The molecule has 10 heteroatoms. The van der Waals surface area contributed by atoms with Crippen molar-refractivity contribution in [3.63, 3.8) is 0 Å². The summed E-state index contributed by atoms with van der Waals surface area (Å²) in [5, 5.41) is 4.07. The minimum Gasteiger partial charge on any atom is -0.484 e. The molecule has 33 heavy (non-hydrogen) atoms. The lowest BCUT2D eigenvalue weighted by Gasteiger charge is -2.21. The highest BCUT2D eigenvalue weighted by Crippen LogP contribution is 2.34. The maximum atomic E-state index is 14.1. The molecule has 1 aliphatic heterocycles. The van der Waals surface area contributed by atoms with Crippen LogP contribution in [0.1, 0.15) is 5.56 Å². The van der Waals surface area contributed by atoms with E-state index in [0.717, 1.165) is 17.5 Å². The highest BCUT2D eigenvalue weighted by Gasteiger charge is 2.33. The third kappa shape index (κ3) is 5.35. The van der Waals surface area contributed by atoms with Crippen molar-refractivity contribution < 1.29 is 18.1 Å². The molecule has 1 aromatic heterocycles. The minimum absolute atomic E-state index is 0.110. The van der Waals surface area contributed by atoms with Gasteiger partial charge < -0.3 is 19.5 Å². The van der Waals surface area contributed by atoms with Crippen LogP contribution in [-0.2, 0) is 14.4 Å². The molecule has 2 N–H and O–H groups in total. The number of methoxy groups -OCH3 is 1. The van der Waals surface area contributed by atoms with E-state index in [0.29, 0.717) is 35.0 Å². The minimum atomic E-state index is -2.43. The van der Waals surface area contributed by atoms with E-state index in [4.69, 9.17) is 9.47 Å². The summed E-state index contributed by atoms with van der Waals surface area (Å²) in [5.41, 5.74) is 2.79. The van der Waals surface area contributed by atoms with Gasteiger partial charge in [-0.05, 0) is 49.7 Å². The van der Waals surface area contributed by atoms with Crippen LogP contribution in [0, 0.1) is 12.7 Å². The number of halogens is 1. The van der Waals surface area contributed by atoms with Crippen LogP contribution in [0.25, 0.3) is 10.9 Å². The standard InChI is InChI=1S/C23H28FN5O3S/c1-14-8-16(28-33(4,5)30)10-18-22(14)23(26-13-25-18)27-17-7-6-15(24)9-19(17)32-21-12-29(2)11-20(21)31-3/h6-10,13,20-21H,4,11-12H2,1-3,5H3,(H,28,30)(H,25,26,27). The van der Waals surface area contributed by atoms with E-state index < -0.39 is 15.5 Å². The smallest absolute Gasteiger partial charge is 0.146 e. The number of rotatable bonds is 7. The fraction of sp³-hybridized carbons (Fsp3) is 0.348. The Bertz CT molecular complexity index is 1280. The van der Waals surface area contributed by atoms with E-state index in [1.54, 1.807) is 19.2 Å². The van der Waals surface area contributed by atoms with Gasteiger partial charge in [-0.25, -0.2) is 18.6 Å². The molecule has 1 aliphatic rings. The molecule has 2 aromatic carbocycles. The van der Waals surface area contributed by atoms with Crippen LogP contribution in [-0.4, -0.2) is 70.7 Å². The van der Waals surface area contributed by atoms with Gasteiger partial charge in [0, 0.05) is 53.3 Å². The molecule has 0 saturated carbocycles. The molecule has 0 amide bonds. The van der Waals surface area contributed by atoms with E-state index in [1.165, 1.54) is 24.7 Å². The second kappa shape index (κ2) is 9.12. The summed E-state index contributed by atoms with van der Waals surface area (Å²) in [5.74, 6) is 4.17. The molecule has 8 nitrogen and oxygen atoms in total. The molecule has 0 aliphatic carbocycles. The molecule has 2 heterocycles. The fourth-order valence-corrected chi connectivity index (χ4v) is 4.66. The van der Waals surface area contributed by atoms with Crippen LogP contribution in [0.3, 0.4) is 0 Å². The van der Waals surface area contributed by atoms with Crippen LogP contribution in [0.5, 0.6) is 5.75 Å². The number of hydrogen-bond donors (Lipinski definition) is 2. The second-order valence-electron chi connectivity index (χ2n) is 8.43. The molecule has 1 saturated heterocycles. The van der Waals surface area contributed by atoms with Crippen LogP contribution in [0.2, 0.25) is 0 Å². The summed E-state index contributed by atoms with van der Waals surface area (Å²) < 4.78 is 40.8. The first kappa shape index (κ1) is 23.2. The number of nitrogens with one attached hydrogen (secondary N) is 2. The summed E-state index contributed by atoms with van der Waals surface area (Å²) in [6, 6.07) is 8.01. The number of aromatic nitrogens is 2. The van der Waals surface area contributed by atoms with E-state index in [9.17, 15) is 8.60 Å². The summed E-state index contributed by atoms with van der Waals surface area (Å²) in [6.45, 7) is 3.33. The number of benzene rings is 2. The van der Waals surface area contributed by atoms with Crippen molar-refractivity contribution >= 4 is 43.7 Å². The maximum Gasteiger partial charge on any atom is 0.146 e. The van der Waals surface area contributed by atoms with E-state index in [2.05, 4.69) is 30.8 Å². The van der Waals surface area contributed by atoms with Gasteiger partial charge >= 0.3 is 0 Å². The summed E-state index contributed by atoms with van der Waals surface area (Å²) in [6.07, 6.45) is 2.64. The van der Waals surface area contributed by atoms with E-state index in [-0.39, 0.29) is 12.2 Å². The third-order valence-electron chi connectivity index (χ3n) is 5.44. The fourth-order valence-electron chi connectivity index (χ4n) is 4.05.